The van der Waals surface area contributed by atoms with Crippen molar-refractivity contribution in [2.75, 3.05) is 24.6 Å². The molecule has 2 unspecified atom stereocenters. The number of carbonyl (C=O) groups is 2. The molecule has 2 fully saturated rings. The predicted molar refractivity (Wildman–Crippen MR) is 70.2 cm³/mol. The van der Waals surface area contributed by atoms with E-state index in [-0.39, 0.29) is 35.3 Å². The van der Waals surface area contributed by atoms with Gasteiger partial charge in [-0.25, -0.2) is 8.42 Å². The van der Waals surface area contributed by atoms with Gasteiger partial charge in [-0.1, -0.05) is 0 Å². The van der Waals surface area contributed by atoms with Gasteiger partial charge in [0.05, 0.1) is 17.4 Å². The molecule has 0 saturated carbocycles. The molecule has 2 atom stereocenters. The fourth-order valence-electron chi connectivity index (χ4n) is 2.83. The van der Waals surface area contributed by atoms with Gasteiger partial charge in [0.15, 0.2) is 9.84 Å². The number of piperidine rings is 1. The minimum Gasteiger partial charge on any atom is -0.352 e. The Bertz CT molecular complexity index is 474. The summed E-state index contributed by atoms with van der Waals surface area (Å²) in [5, 5.41) is 2.82. The van der Waals surface area contributed by atoms with E-state index >= 15 is 0 Å². The standard InChI is InChI=1S/C12H20N2O4S/c1-9(15)13-11-3-2-5-14(7-11)12(16)10-4-6-19(17,18)8-10/h10-11H,2-8H2,1H3,(H,13,15). The maximum absolute atomic E-state index is 12.3. The van der Waals surface area contributed by atoms with E-state index < -0.39 is 9.84 Å². The summed E-state index contributed by atoms with van der Waals surface area (Å²) in [6.07, 6.45) is 2.14. The van der Waals surface area contributed by atoms with E-state index in [1.807, 2.05) is 0 Å². The molecule has 2 rings (SSSR count). The van der Waals surface area contributed by atoms with Crippen LogP contribution in [0.5, 0.6) is 0 Å². The average molecular weight is 288 g/mol. The number of hydrogen-bond acceptors (Lipinski definition) is 4. The van der Waals surface area contributed by atoms with Crippen LogP contribution < -0.4 is 5.32 Å². The summed E-state index contributed by atoms with van der Waals surface area (Å²) < 4.78 is 22.8. The molecule has 0 aromatic carbocycles. The molecule has 0 bridgehead atoms. The topological polar surface area (TPSA) is 83.6 Å². The summed E-state index contributed by atoms with van der Waals surface area (Å²) in [5.74, 6) is -0.459. The van der Waals surface area contributed by atoms with Crippen molar-refractivity contribution in [2.24, 2.45) is 5.92 Å². The van der Waals surface area contributed by atoms with Crippen LogP contribution in [0.2, 0.25) is 0 Å². The van der Waals surface area contributed by atoms with Crippen LogP contribution in [-0.2, 0) is 19.4 Å². The Labute approximate surface area is 113 Å². The fourth-order valence-corrected chi connectivity index (χ4v) is 4.56. The zero-order valence-corrected chi connectivity index (χ0v) is 11.9. The van der Waals surface area contributed by atoms with E-state index in [1.54, 1.807) is 4.90 Å². The molecule has 2 aliphatic rings. The quantitative estimate of drug-likeness (QED) is 0.746. The van der Waals surface area contributed by atoms with E-state index in [2.05, 4.69) is 5.32 Å². The molecule has 0 aromatic heterocycles. The van der Waals surface area contributed by atoms with Crippen molar-refractivity contribution in [1.29, 1.82) is 0 Å². The molecule has 2 aliphatic heterocycles. The highest BCUT2D eigenvalue weighted by Gasteiger charge is 2.36. The number of nitrogens with zero attached hydrogens (tertiary/aromatic N) is 1. The second-order valence-electron chi connectivity index (χ2n) is 5.42. The molecule has 0 spiro atoms. The van der Waals surface area contributed by atoms with Gasteiger partial charge in [-0.15, -0.1) is 0 Å². The minimum atomic E-state index is -3.03. The summed E-state index contributed by atoms with van der Waals surface area (Å²) >= 11 is 0. The van der Waals surface area contributed by atoms with Crippen LogP contribution in [0, 0.1) is 5.92 Å². The highest BCUT2D eigenvalue weighted by Crippen LogP contribution is 2.22. The van der Waals surface area contributed by atoms with Gasteiger partial charge >= 0.3 is 0 Å². The van der Waals surface area contributed by atoms with Gasteiger partial charge < -0.3 is 10.2 Å². The number of likely N-dealkylation sites (tertiary alicyclic amines) is 1. The second kappa shape index (κ2) is 5.48. The summed E-state index contributed by atoms with van der Waals surface area (Å²) in [5.41, 5.74) is 0. The van der Waals surface area contributed by atoms with Gasteiger partial charge in [-0.3, -0.25) is 9.59 Å². The van der Waals surface area contributed by atoms with Crippen LogP contribution in [0.15, 0.2) is 0 Å². The molecular weight excluding hydrogens is 268 g/mol. The number of rotatable bonds is 2. The molecule has 0 radical (unpaired) electrons. The van der Waals surface area contributed by atoms with Crippen molar-refractivity contribution in [2.45, 2.75) is 32.2 Å². The molecular formula is C12H20N2O4S. The molecule has 2 heterocycles. The van der Waals surface area contributed by atoms with Crippen LogP contribution in [0.4, 0.5) is 0 Å². The molecule has 6 nitrogen and oxygen atoms in total. The average Bonchev–Trinajstić information content (AvgIpc) is 2.68. The summed E-state index contributed by atoms with van der Waals surface area (Å²) in [7, 11) is -3.03. The number of hydrogen-bond donors (Lipinski definition) is 1. The van der Waals surface area contributed by atoms with Crippen molar-refractivity contribution >= 4 is 21.7 Å². The Morgan fingerprint density at radius 2 is 2.00 bits per heavy atom. The molecule has 108 valence electrons. The lowest BCUT2D eigenvalue weighted by Gasteiger charge is -2.34. The Hall–Kier alpha value is -1.11. The van der Waals surface area contributed by atoms with E-state index in [9.17, 15) is 18.0 Å². The van der Waals surface area contributed by atoms with Crippen molar-refractivity contribution in [3.8, 4) is 0 Å². The Morgan fingerprint density at radius 3 is 2.58 bits per heavy atom. The van der Waals surface area contributed by atoms with Crippen LogP contribution in [0.1, 0.15) is 26.2 Å². The maximum atomic E-state index is 12.3. The van der Waals surface area contributed by atoms with Crippen molar-refractivity contribution in [1.82, 2.24) is 10.2 Å². The first kappa shape index (κ1) is 14.3. The monoisotopic (exact) mass is 288 g/mol. The highest BCUT2D eigenvalue weighted by atomic mass is 32.2. The van der Waals surface area contributed by atoms with Crippen molar-refractivity contribution in [3.05, 3.63) is 0 Å². The van der Waals surface area contributed by atoms with Gasteiger partial charge in [-0.05, 0) is 19.3 Å². The van der Waals surface area contributed by atoms with Gasteiger partial charge in [-0.2, -0.15) is 0 Å². The summed E-state index contributed by atoms with van der Waals surface area (Å²) in [6, 6.07) is -0.00629. The zero-order chi connectivity index (χ0) is 14.0. The van der Waals surface area contributed by atoms with Crippen molar-refractivity contribution in [3.63, 3.8) is 0 Å². The molecule has 0 aromatic rings. The fraction of sp³-hybridized carbons (Fsp3) is 0.833. The third-order valence-electron chi connectivity index (χ3n) is 3.72. The Kier molecular flexibility index (Phi) is 4.13. The first-order chi connectivity index (χ1) is 8.87. The number of sulfone groups is 1. The van der Waals surface area contributed by atoms with Gasteiger partial charge in [0.1, 0.15) is 0 Å². The number of nitrogens with one attached hydrogen (secondary N) is 1. The van der Waals surface area contributed by atoms with Gasteiger partial charge in [0.2, 0.25) is 11.8 Å². The molecule has 1 N–H and O–H groups in total. The lowest BCUT2D eigenvalue weighted by Crippen LogP contribution is -2.50. The molecule has 7 heteroatoms. The van der Waals surface area contributed by atoms with Crippen LogP contribution in [0.25, 0.3) is 0 Å². The SMILES string of the molecule is CC(=O)NC1CCCN(C(=O)C2CCS(=O)(=O)C2)C1. The smallest absolute Gasteiger partial charge is 0.226 e. The molecule has 0 aliphatic carbocycles. The Morgan fingerprint density at radius 1 is 1.26 bits per heavy atom. The lowest BCUT2D eigenvalue weighted by atomic mass is 10.0. The summed E-state index contributed by atoms with van der Waals surface area (Å²) in [4.78, 5) is 25.0. The van der Waals surface area contributed by atoms with Crippen LogP contribution in [0.3, 0.4) is 0 Å². The van der Waals surface area contributed by atoms with Gasteiger partial charge in [0, 0.05) is 26.1 Å². The second-order valence-corrected chi connectivity index (χ2v) is 7.65. The van der Waals surface area contributed by atoms with Crippen LogP contribution in [-0.4, -0.2) is 55.8 Å². The first-order valence-electron chi connectivity index (χ1n) is 6.64. The number of amides is 2. The Balaban J connectivity index is 1.94. The van der Waals surface area contributed by atoms with E-state index in [0.29, 0.717) is 19.5 Å². The molecule has 2 saturated heterocycles. The van der Waals surface area contributed by atoms with Crippen LogP contribution >= 0.6 is 0 Å². The number of carbonyl (C=O) groups excluding carboxylic acids is 2. The van der Waals surface area contributed by atoms with E-state index in [4.69, 9.17) is 0 Å². The van der Waals surface area contributed by atoms with E-state index in [1.165, 1.54) is 6.92 Å². The van der Waals surface area contributed by atoms with E-state index in [0.717, 1.165) is 12.8 Å². The normalized spacial score (nSPS) is 30.1. The van der Waals surface area contributed by atoms with Crippen molar-refractivity contribution < 1.29 is 18.0 Å². The molecule has 19 heavy (non-hydrogen) atoms. The first-order valence-corrected chi connectivity index (χ1v) is 8.46. The lowest BCUT2D eigenvalue weighted by molar-refractivity contribution is -0.136. The predicted octanol–water partition coefficient (Wildman–Crippen LogP) is -0.452. The summed E-state index contributed by atoms with van der Waals surface area (Å²) in [6.45, 7) is 2.62. The minimum absolute atomic E-state index is 0.00629. The maximum Gasteiger partial charge on any atom is 0.226 e. The zero-order valence-electron chi connectivity index (χ0n) is 11.1. The van der Waals surface area contributed by atoms with Gasteiger partial charge in [0.25, 0.3) is 0 Å². The third-order valence-corrected chi connectivity index (χ3v) is 5.49. The third kappa shape index (κ3) is 3.68. The largest absolute Gasteiger partial charge is 0.352 e. The highest BCUT2D eigenvalue weighted by molar-refractivity contribution is 7.91. The molecule has 2 amide bonds.